The van der Waals surface area contributed by atoms with Gasteiger partial charge in [-0.25, -0.2) is 4.98 Å². The average molecular weight is 298 g/mol. The molecule has 1 aliphatic heterocycles. The second-order valence-electron chi connectivity index (χ2n) is 4.10. The largest absolute Gasteiger partial charge is 0.382 e. The number of hydrogen-bond donors (Lipinski definition) is 1. The van der Waals surface area contributed by atoms with E-state index in [1.165, 1.54) is 28.0 Å². The lowest BCUT2D eigenvalue weighted by Crippen LogP contribution is -2.32. The Morgan fingerprint density at radius 3 is 2.78 bits per heavy atom. The first-order chi connectivity index (χ1) is 8.75. The first-order valence-electron chi connectivity index (χ1n) is 5.76. The van der Waals surface area contributed by atoms with E-state index in [4.69, 9.17) is 5.73 Å². The van der Waals surface area contributed by atoms with Gasteiger partial charge < -0.3 is 10.6 Å². The number of thiazole rings is 1. The quantitative estimate of drug-likeness (QED) is 0.924. The maximum Gasteiger partial charge on any atom is 0.148 e. The van der Waals surface area contributed by atoms with Crippen molar-refractivity contribution in [3.8, 4) is 11.3 Å². The Labute approximate surface area is 118 Å². The zero-order chi connectivity index (χ0) is 12.5. The minimum Gasteiger partial charge on any atom is -0.382 e. The molecule has 3 rings (SSSR count). The summed E-state index contributed by atoms with van der Waals surface area (Å²) in [5.41, 5.74) is 8.02. The van der Waals surface area contributed by atoms with Crippen molar-refractivity contribution in [1.29, 1.82) is 0 Å². The molecule has 0 amide bonds. The molecule has 0 saturated carbocycles. The second-order valence-corrected chi connectivity index (χ2v) is 7.14. The number of nitrogens with zero attached hydrogens (tertiary/aromatic N) is 3. The van der Waals surface area contributed by atoms with E-state index < -0.39 is 0 Å². The van der Waals surface area contributed by atoms with Gasteiger partial charge in [0.15, 0.2) is 0 Å². The van der Waals surface area contributed by atoms with Gasteiger partial charge in [0.1, 0.15) is 10.8 Å². The van der Waals surface area contributed by atoms with Crippen molar-refractivity contribution in [1.82, 2.24) is 9.36 Å². The van der Waals surface area contributed by atoms with Gasteiger partial charge >= 0.3 is 0 Å². The second kappa shape index (κ2) is 5.07. The zero-order valence-electron chi connectivity index (χ0n) is 10.0. The number of nitrogen functional groups attached to an aromatic ring is 1. The Hall–Kier alpha value is -0.790. The summed E-state index contributed by atoms with van der Waals surface area (Å²) in [4.78, 5) is 6.93. The van der Waals surface area contributed by atoms with Crippen LogP contribution in [-0.4, -0.2) is 34.0 Å². The Balaban J connectivity index is 2.00. The van der Waals surface area contributed by atoms with Gasteiger partial charge in [-0.1, -0.05) is 0 Å². The molecule has 0 aliphatic carbocycles. The van der Waals surface area contributed by atoms with Crippen LogP contribution < -0.4 is 10.6 Å². The smallest absolute Gasteiger partial charge is 0.148 e. The molecule has 1 fully saturated rings. The van der Waals surface area contributed by atoms with Gasteiger partial charge in [-0.05, 0) is 18.5 Å². The highest BCUT2D eigenvalue weighted by Crippen LogP contribution is 2.40. The predicted octanol–water partition coefficient (Wildman–Crippen LogP) is 2.71. The van der Waals surface area contributed by atoms with Crippen molar-refractivity contribution in [3.05, 3.63) is 10.4 Å². The number of hydrogen-bond acceptors (Lipinski definition) is 7. The summed E-state index contributed by atoms with van der Waals surface area (Å²) < 4.78 is 4.31. The topological polar surface area (TPSA) is 55.0 Å². The van der Waals surface area contributed by atoms with Crippen LogP contribution in [0.1, 0.15) is 5.01 Å². The third-order valence-corrected chi connectivity index (χ3v) is 5.51. The van der Waals surface area contributed by atoms with Gasteiger partial charge in [0.05, 0.1) is 16.3 Å². The van der Waals surface area contributed by atoms with E-state index in [0.717, 1.165) is 29.4 Å². The van der Waals surface area contributed by atoms with Crippen molar-refractivity contribution >= 4 is 45.5 Å². The zero-order valence-corrected chi connectivity index (χ0v) is 12.5. The van der Waals surface area contributed by atoms with E-state index in [-0.39, 0.29) is 0 Å². The van der Waals surface area contributed by atoms with Crippen LogP contribution in [0.4, 0.5) is 10.8 Å². The highest BCUT2D eigenvalue weighted by molar-refractivity contribution is 7.99. The summed E-state index contributed by atoms with van der Waals surface area (Å²) in [5.74, 6) is 2.96. The van der Waals surface area contributed by atoms with E-state index in [2.05, 4.69) is 19.6 Å². The predicted molar refractivity (Wildman–Crippen MR) is 81.9 cm³/mol. The van der Waals surface area contributed by atoms with E-state index >= 15 is 0 Å². The number of nitrogens with two attached hydrogens (primary N) is 1. The number of aromatic nitrogens is 2. The van der Waals surface area contributed by atoms with Crippen molar-refractivity contribution < 1.29 is 0 Å². The van der Waals surface area contributed by atoms with Crippen molar-refractivity contribution in [2.75, 3.05) is 35.2 Å². The molecule has 0 spiro atoms. The normalized spacial score (nSPS) is 16.2. The summed E-state index contributed by atoms with van der Waals surface area (Å²) in [6.07, 6.45) is 0. The summed E-state index contributed by atoms with van der Waals surface area (Å²) >= 11 is 5.15. The van der Waals surface area contributed by atoms with Gasteiger partial charge in [0.2, 0.25) is 0 Å². The molecule has 18 heavy (non-hydrogen) atoms. The van der Waals surface area contributed by atoms with Crippen LogP contribution in [-0.2, 0) is 0 Å². The van der Waals surface area contributed by atoms with Crippen LogP contribution in [0.3, 0.4) is 0 Å². The standard InChI is InChI=1S/C11H14N4S3/c1-7-13-8(6-17-7)9-10(12)14-18-11(9)15-2-4-16-5-3-15/h6H,2-5H2,1H3,(H2,12,14). The summed E-state index contributed by atoms with van der Waals surface area (Å²) in [6, 6.07) is 0. The molecule has 0 unspecified atom stereocenters. The Morgan fingerprint density at radius 2 is 2.11 bits per heavy atom. The average Bonchev–Trinajstić information content (AvgIpc) is 2.96. The number of thioether (sulfide) groups is 1. The van der Waals surface area contributed by atoms with Gasteiger partial charge in [-0.15, -0.1) is 11.3 Å². The summed E-state index contributed by atoms with van der Waals surface area (Å²) in [7, 11) is 0. The molecule has 1 saturated heterocycles. The van der Waals surface area contributed by atoms with Gasteiger partial charge in [0, 0.05) is 30.0 Å². The molecule has 0 bridgehead atoms. The lowest BCUT2D eigenvalue weighted by molar-refractivity contribution is 0.869. The number of anilines is 2. The van der Waals surface area contributed by atoms with Crippen LogP contribution >= 0.6 is 34.6 Å². The SMILES string of the molecule is Cc1nc(-c2c(N)nsc2N2CCSCC2)cs1. The minimum absolute atomic E-state index is 0.610. The van der Waals surface area contributed by atoms with E-state index in [1.54, 1.807) is 11.3 Å². The van der Waals surface area contributed by atoms with Crippen molar-refractivity contribution in [2.45, 2.75) is 6.92 Å². The fourth-order valence-electron chi connectivity index (χ4n) is 1.99. The van der Waals surface area contributed by atoms with Crippen LogP contribution in [0.5, 0.6) is 0 Å². The number of aryl methyl sites for hydroxylation is 1. The van der Waals surface area contributed by atoms with Crippen LogP contribution in [0.25, 0.3) is 11.3 Å². The third-order valence-electron chi connectivity index (χ3n) is 2.87. The molecule has 3 heterocycles. The first-order valence-corrected chi connectivity index (χ1v) is 8.57. The molecule has 1 aliphatic rings. The molecular formula is C11H14N4S3. The fraction of sp³-hybridized carbons (Fsp3) is 0.455. The fourth-order valence-corrected chi connectivity index (χ4v) is 4.38. The highest BCUT2D eigenvalue weighted by atomic mass is 32.2. The third kappa shape index (κ3) is 2.22. The van der Waals surface area contributed by atoms with E-state index in [1.807, 2.05) is 18.7 Å². The molecular weight excluding hydrogens is 284 g/mol. The van der Waals surface area contributed by atoms with Crippen molar-refractivity contribution in [2.24, 2.45) is 0 Å². The van der Waals surface area contributed by atoms with Gasteiger partial charge in [0.25, 0.3) is 0 Å². The molecule has 2 N–H and O–H groups in total. The minimum atomic E-state index is 0.610. The van der Waals surface area contributed by atoms with Crippen LogP contribution in [0, 0.1) is 6.92 Å². The highest BCUT2D eigenvalue weighted by Gasteiger charge is 2.22. The van der Waals surface area contributed by atoms with E-state index in [0.29, 0.717) is 5.82 Å². The van der Waals surface area contributed by atoms with Gasteiger partial charge in [-0.2, -0.15) is 16.1 Å². The van der Waals surface area contributed by atoms with Crippen LogP contribution in [0.2, 0.25) is 0 Å². The van der Waals surface area contributed by atoms with Crippen LogP contribution in [0.15, 0.2) is 5.38 Å². The molecule has 0 atom stereocenters. The summed E-state index contributed by atoms with van der Waals surface area (Å²) in [5, 5.41) is 4.31. The Morgan fingerprint density at radius 1 is 1.33 bits per heavy atom. The molecule has 7 heteroatoms. The van der Waals surface area contributed by atoms with E-state index in [9.17, 15) is 0 Å². The van der Waals surface area contributed by atoms with Crippen molar-refractivity contribution in [3.63, 3.8) is 0 Å². The number of rotatable bonds is 2. The maximum atomic E-state index is 6.02. The monoisotopic (exact) mass is 298 g/mol. The summed E-state index contributed by atoms with van der Waals surface area (Å²) in [6.45, 7) is 4.16. The Kier molecular flexibility index (Phi) is 3.45. The maximum absolute atomic E-state index is 6.02. The molecule has 4 nitrogen and oxygen atoms in total. The first kappa shape index (κ1) is 12.3. The molecule has 0 aromatic carbocycles. The lowest BCUT2D eigenvalue weighted by Gasteiger charge is -2.27. The molecule has 2 aromatic rings. The molecule has 0 radical (unpaired) electrons. The lowest BCUT2D eigenvalue weighted by atomic mass is 10.2. The Bertz CT molecular complexity index is 542. The molecule has 2 aromatic heterocycles. The van der Waals surface area contributed by atoms with Gasteiger partial charge in [-0.3, -0.25) is 0 Å². The molecule has 96 valence electrons.